The van der Waals surface area contributed by atoms with Crippen LogP contribution in [0.3, 0.4) is 0 Å². The minimum atomic E-state index is -0.914. The molecule has 4 nitrogen and oxygen atoms in total. The predicted molar refractivity (Wildman–Crippen MR) is 73.4 cm³/mol. The van der Waals surface area contributed by atoms with Gasteiger partial charge in [-0.3, -0.25) is 0 Å². The maximum absolute atomic E-state index is 11.2. The van der Waals surface area contributed by atoms with Crippen LogP contribution in [-0.4, -0.2) is 20.6 Å². The van der Waals surface area contributed by atoms with Crippen LogP contribution >= 0.6 is 0 Å². The Morgan fingerprint density at radius 2 is 2.26 bits per heavy atom. The molecule has 1 aromatic heterocycles. The van der Waals surface area contributed by atoms with Crippen molar-refractivity contribution in [2.24, 2.45) is 5.41 Å². The number of carbonyl (C=O) groups is 1. The summed E-state index contributed by atoms with van der Waals surface area (Å²) in [5.74, 6) is -0.914. The summed E-state index contributed by atoms with van der Waals surface area (Å²) >= 11 is 0. The molecule has 1 N–H and O–H groups in total. The lowest BCUT2D eigenvalue weighted by molar-refractivity contribution is 0.0699. The molecule has 1 unspecified atom stereocenters. The summed E-state index contributed by atoms with van der Waals surface area (Å²) in [6.45, 7) is 4.57. The molecule has 4 heteroatoms. The Labute approximate surface area is 112 Å². The van der Waals surface area contributed by atoms with Gasteiger partial charge in [-0.05, 0) is 36.8 Å². The number of para-hydroxylation sites is 1. The Hall–Kier alpha value is -1.84. The zero-order valence-electron chi connectivity index (χ0n) is 11.3. The summed E-state index contributed by atoms with van der Waals surface area (Å²) in [5.41, 5.74) is 2.18. The largest absolute Gasteiger partial charge is 0.478 e. The van der Waals surface area contributed by atoms with Crippen molar-refractivity contribution in [3.05, 3.63) is 30.1 Å². The zero-order chi connectivity index (χ0) is 13.6. The summed E-state index contributed by atoms with van der Waals surface area (Å²) in [6.07, 6.45) is 5.25. The molecule has 0 radical (unpaired) electrons. The van der Waals surface area contributed by atoms with Gasteiger partial charge < -0.3 is 9.67 Å². The lowest BCUT2D eigenvalue weighted by Gasteiger charge is -2.18. The first-order valence-electron chi connectivity index (χ1n) is 6.67. The molecule has 0 spiro atoms. The highest BCUT2D eigenvalue weighted by molar-refractivity contribution is 6.00. The van der Waals surface area contributed by atoms with E-state index in [1.807, 2.05) is 6.07 Å². The van der Waals surface area contributed by atoms with E-state index < -0.39 is 5.97 Å². The monoisotopic (exact) mass is 258 g/mol. The van der Waals surface area contributed by atoms with Gasteiger partial charge in [0.15, 0.2) is 0 Å². The number of hydrogen-bond donors (Lipinski definition) is 1. The summed E-state index contributed by atoms with van der Waals surface area (Å²) in [4.78, 5) is 15.5. The van der Waals surface area contributed by atoms with Gasteiger partial charge in [0.25, 0.3) is 0 Å². The number of imidazole rings is 1. The lowest BCUT2D eigenvalue weighted by atomic mass is 9.92. The van der Waals surface area contributed by atoms with Crippen LogP contribution < -0.4 is 0 Å². The predicted octanol–water partition coefficient (Wildman–Crippen LogP) is 3.49. The molecule has 0 aliphatic heterocycles. The van der Waals surface area contributed by atoms with Crippen LogP contribution in [-0.2, 0) is 0 Å². The molecule has 100 valence electrons. The van der Waals surface area contributed by atoms with E-state index in [1.165, 1.54) is 6.42 Å². The number of carboxylic acid groups (broad SMARTS) is 1. The highest BCUT2D eigenvalue weighted by Crippen LogP contribution is 2.44. The van der Waals surface area contributed by atoms with Crippen molar-refractivity contribution >= 4 is 17.0 Å². The van der Waals surface area contributed by atoms with Gasteiger partial charge >= 0.3 is 5.97 Å². The zero-order valence-corrected chi connectivity index (χ0v) is 11.3. The molecule has 1 atom stereocenters. The Morgan fingerprint density at radius 3 is 2.89 bits per heavy atom. The molecule has 3 rings (SSSR count). The van der Waals surface area contributed by atoms with Gasteiger partial charge in [-0.25, -0.2) is 9.78 Å². The first-order valence-corrected chi connectivity index (χ1v) is 6.67. The Morgan fingerprint density at radius 1 is 1.47 bits per heavy atom. The smallest absolute Gasteiger partial charge is 0.337 e. The van der Waals surface area contributed by atoms with Crippen molar-refractivity contribution in [1.82, 2.24) is 9.55 Å². The summed E-state index contributed by atoms with van der Waals surface area (Å²) < 4.78 is 2.15. The van der Waals surface area contributed by atoms with Gasteiger partial charge in [0.2, 0.25) is 0 Å². The maximum Gasteiger partial charge on any atom is 0.337 e. The van der Waals surface area contributed by atoms with E-state index in [-0.39, 0.29) is 5.56 Å². The Balaban J connectivity index is 2.07. The number of aromatic carboxylic acids is 1. The highest BCUT2D eigenvalue weighted by atomic mass is 16.4. The van der Waals surface area contributed by atoms with Crippen molar-refractivity contribution in [1.29, 1.82) is 0 Å². The van der Waals surface area contributed by atoms with Crippen LogP contribution in [0.2, 0.25) is 0 Å². The van der Waals surface area contributed by atoms with E-state index in [9.17, 15) is 9.90 Å². The number of fused-ring (bicyclic) bond motifs is 1. The number of carboxylic acids is 1. The van der Waals surface area contributed by atoms with Crippen LogP contribution in [0.25, 0.3) is 11.0 Å². The van der Waals surface area contributed by atoms with E-state index >= 15 is 0 Å². The topological polar surface area (TPSA) is 55.1 Å². The van der Waals surface area contributed by atoms with Crippen molar-refractivity contribution in [2.45, 2.75) is 39.2 Å². The maximum atomic E-state index is 11.2. The lowest BCUT2D eigenvalue weighted by Crippen LogP contribution is -2.08. The van der Waals surface area contributed by atoms with Crippen LogP contribution in [0.15, 0.2) is 24.5 Å². The molecular formula is C15H18N2O2. The second-order valence-electron chi connectivity index (χ2n) is 6.19. The normalized spacial score (nSPS) is 21.9. The Bertz CT molecular complexity index is 643. The van der Waals surface area contributed by atoms with Crippen LogP contribution in [0.4, 0.5) is 0 Å². The SMILES string of the molecule is CC1(C)CCC(n2cnc3c(C(=O)O)cccc32)C1. The molecule has 0 saturated heterocycles. The minimum absolute atomic E-state index is 0.286. The number of hydrogen-bond acceptors (Lipinski definition) is 2. The molecule has 0 bridgehead atoms. The van der Waals surface area contributed by atoms with E-state index in [4.69, 9.17) is 0 Å². The molecule has 1 saturated carbocycles. The number of aromatic nitrogens is 2. The van der Waals surface area contributed by atoms with E-state index in [0.29, 0.717) is 17.0 Å². The van der Waals surface area contributed by atoms with Crippen molar-refractivity contribution < 1.29 is 9.90 Å². The third-order valence-corrected chi connectivity index (χ3v) is 4.17. The highest BCUT2D eigenvalue weighted by Gasteiger charge is 2.32. The molecule has 1 heterocycles. The fourth-order valence-corrected chi connectivity index (χ4v) is 3.16. The van der Waals surface area contributed by atoms with Gasteiger partial charge in [-0.1, -0.05) is 19.9 Å². The van der Waals surface area contributed by atoms with Crippen LogP contribution in [0.5, 0.6) is 0 Å². The number of rotatable bonds is 2. The standard InChI is InChI=1S/C15H18N2O2/c1-15(2)7-6-10(8-15)17-9-16-13-11(14(18)19)4-3-5-12(13)17/h3-5,9-10H,6-8H2,1-2H3,(H,18,19). The first-order chi connectivity index (χ1) is 8.98. The van der Waals surface area contributed by atoms with Gasteiger partial charge in [0.05, 0.1) is 17.4 Å². The summed E-state index contributed by atoms with van der Waals surface area (Å²) in [5, 5.41) is 9.19. The number of nitrogens with zero attached hydrogens (tertiary/aromatic N) is 2. The quantitative estimate of drug-likeness (QED) is 0.897. The fourth-order valence-electron chi connectivity index (χ4n) is 3.16. The van der Waals surface area contributed by atoms with Crippen LogP contribution in [0.1, 0.15) is 49.5 Å². The fraction of sp³-hybridized carbons (Fsp3) is 0.467. The second kappa shape index (κ2) is 4.08. The molecular weight excluding hydrogens is 240 g/mol. The third-order valence-electron chi connectivity index (χ3n) is 4.17. The van der Waals surface area contributed by atoms with Crippen LogP contribution in [0, 0.1) is 5.41 Å². The first kappa shape index (κ1) is 12.2. The van der Waals surface area contributed by atoms with Gasteiger partial charge in [0.1, 0.15) is 5.52 Å². The van der Waals surface area contributed by atoms with Gasteiger partial charge in [0, 0.05) is 6.04 Å². The minimum Gasteiger partial charge on any atom is -0.478 e. The Kier molecular flexibility index (Phi) is 2.62. The molecule has 0 amide bonds. The molecule has 1 fully saturated rings. The molecule has 2 aromatic rings. The molecule has 19 heavy (non-hydrogen) atoms. The van der Waals surface area contributed by atoms with Gasteiger partial charge in [-0.15, -0.1) is 0 Å². The van der Waals surface area contributed by atoms with Crippen molar-refractivity contribution in [3.8, 4) is 0 Å². The van der Waals surface area contributed by atoms with Crippen molar-refractivity contribution in [2.75, 3.05) is 0 Å². The molecule has 1 aromatic carbocycles. The van der Waals surface area contributed by atoms with Crippen molar-refractivity contribution in [3.63, 3.8) is 0 Å². The molecule has 1 aliphatic rings. The van der Waals surface area contributed by atoms with E-state index in [2.05, 4.69) is 23.4 Å². The second-order valence-corrected chi connectivity index (χ2v) is 6.19. The number of benzene rings is 1. The third kappa shape index (κ3) is 2.01. The summed E-state index contributed by atoms with van der Waals surface area (Å²) in [6, 6.07) is 5.80. The molecule has 1 aliphatic carbocycles. The average Bonchev–Trinajstić information content (AvgIpc) is 2.91. The average molecular weight is 258 g/mol. The van der Waals surface area contributed by atoms with E-state index in [1.54, 1.807) is 18.5 Å². The summed E-state index contributed by atoms with van der Waals surface area (Å²) in [7, 11) is 0. The van der Waals surface area contributed by atoms with Gasteiger partial charge in [-0.2, -0.15) is 0 Å². The van der Waals surface area contributed by atoms with E-state index in [0.717, 1.165) is 18.4 Å².